The molecule has 3 nitrogen and oxygen atoms in total. The van der Waals surface area contributed by atoms with Crippen LogP contribution in [0.25, 0.3) is 0 Å². The molecule has 1 saturated heterocycles. The maximum absolute atomic E-state index is 12.8. The lowest BCUT2D eigenvalue weighted by Gasteiger charge is -2.26. The molecule has 2 fully saturated rings. The normalized spacial score (nSPS) is 37.1. The first kappa shape index (κ1) is 8.59. The van der Waals surface area contributed by atoms with Gasteiger partial charge in [-0.25, -0.2) is 8.78 Å². The van der Waals surface area contributed by atoms with Crippen LogP contribution in [0.2, 0.25) is 0 Å². The van der Waals surface area contributed by atoms with Crippen molar-refractivity contribution in [1.82, 2.24) is 0 Å². The van der Waals surface area contributed by atoms with Gasteiger partial charge in [0.1, 0.15) is 0 Å². The topological polar surface area (TPSA) is 43.4 Å². The van der Waals surface area contributed by atoms with Gasteiger partial charge < -0.3 is 4.74 Å². The van der Waals surface area contributed by atoms with Gasteiger partial charge in [-0.3, -0.25) is 9.59 Å². The fourth-order valence-corrected chi connectivity index (χ4v) is 1.91. The number of fused-ring (bicyclic) bond motifs is 1. The summed E-state index contributed by atoms with van der Waals surface area (Å²) in [5.41, 5.74) is 0. The molecular weight excluding hydrogens is 182 g/mol. The minimum absolute atomic E-state index is 0.0578. The van der Waals surface area contributed by atoms with Crippen molar-refractivity contribution in [1.29, 1.82) is 0 Å². The molecule has 2 aliphatic rings. The summed E-state index contributed by atoms with van der Waals surface area (Å²) in [4.78, 5) is 21.9. The lowest BCUT2D eigenvalue weighted by Crippen LogP contribution is -2.33. The molecule has 2 atom stereocenters. The van der Waals surface area contributed by atoms with Gasteiger partial charge in [-0.05, 0) is 6.42 Å². The molecule has 1 aliphatic heterocycles. The highest BCUT2D eigenvalue weighted by Crippen LogP contribution is 2.43. The Kier molecular flexibility index (Phi) is 1.65. The molecule has 0 amide bonds. The van der Waals surface area contributed by atoms with E-state index in [1.165, 1.54) is 0 Å². The second-order valence-corrected chi connectivity index (χ2v) is 3.55. The van der Waals surface area contributed by atoms with E-state index >= 15 is 0 Å². The zero-order valence-electron chi connectivity index (χ0n) is 6.76. The first-order valence-electron chi connectivity index (χ1n) is 4.13. The average molecular weight is 190 g/mol. The molecular formula is C8H8F2O3. The molecule has 1 heterocycles. The standard InChI is InChI=1S/C8H8F2O3/c9-8(10)2-1-4-5(3-8)7(12)13-6(4)11/h4-5H,1-3H2. The predicted octanol–water partition coefficient (Wildman–Crippen LogP) is 1.12. The van der Waals surface area contributed by atoms with Gasteiger partial charge in [0.15, 0.2) is 0 Å². The highest BCUT2D eigenvalue weighted by molar-refractivity contribution is 5.96. The minimum atomic E-state index is -2.81. The van der Waals surface area contributed by atoms with Crippen molar-refractivity contribution in [3.8, 4) is 0 Å². The summed E-state index contributed by atoms with van der Waals surface area (Å²) in [6.45, 7) is 0. The number of ether oxygens (including phenoxy) is 1. The quantitative estimate of drug-likeness (QED) is 0.424. The summed E-state index contributed by atoms with van der Waals surface area (Å²) >= 11 is 0. The van der Waals surface area contributed by atoms with Gasteiger partial charge in [-0.2, -0.15) is 0 Å². The van der Waals surface area contributed by atoms with Gasteiger partial charge in [0.05, 0.1) is 11.8 Å². The maximum Gasteiger partial charge on any atom is 0.317 e. The number of halogens is 2. The largest absolute Gasteiger partial charge is 0.393 e. The summed E-state index contributed by atoms with van der Waals surface area (Å²) in [6, 6.07) is 0. The fourth-order valence-electron chi connectivity index (χ4n) is 1.91. The Morgan fingerprint density at radius 1 is 1.23 bits per heavy atom. The molecule has 2 unspecified atom stereocenters. The third-order valence-electron chi connectivity index (χ3n) is 2.63. The van der Waals surface area contributed by atoms with E-state index in [2.05, 4.69) is 4.74 Å². The SMILES string of the molecule is O=C1OC(=O)C2CC(F)(F)CCC12. The molecule has 0 aromatic rings. The van der Waals surface area contributed by atoms with E-state index in [-0.39, 0.29) is 12.8 Å². The third-order valence-corrected chi connectivity index (χ3v) is 2.63. The van der Waals surface area contributed by atoms with Crippen LogP contribution in [0.5, 0.6) is 0 Å². The van der Waals surface area contributed by atoms with Crippen LogP contribution in [0.4, 0.5) is 8.78 Å². The molecule has 0 bridgehead atoms. The summed E-state index contributed by atoms with van der Waals surface area (Å²) < 4.78 is 29.9. The highest BCUT2D eigenvalue weighted by Gasteiger charge is 2.53. The number of alkyl halides is 2. The van der Waals surface area contributed by atoms with Crippen molar-refractivity contribution in [3.63, 3.8) is 0 Å². The van der Waals surface area contributed by atoms with Gasteiger partial charge in [-0.15, -0.1) is 0 Å². The van der Waals surface area contributed by atoms with E-state index in [0.29, 0.717) is 0 Å². The molecule has 2 rings (SSSR count). The lowest BCUT2D eigenvalue weighted by atomic mass is 9.79. The van der Waals surface area contributed by atoms with Crippen molar-refractivity contribution < 1.29 is 23.1 Å². The molecule has 0 radical (unpaired) electrons. The molecule has 1 aliphatic carbocycles. The van der Waals surface area contributed by atoms with E-state index in [1.807, 2.05) is 0 Å². The Balaban J connectivity index is 2.20. The van der Waals surface area contributed by atoms with Crippen LogP contribution in [0, 0.1) is 11.8 Å². The van der Waals surface area contributed by atoms with Crippen molar-refractivity contribution >= 4 is 11.9 Å². The van der Waals surface area contributed by atoms with Gasteiger partial charge in [0.25, 0.3) is 0 Å². The van der Waals surface area contributed by atoms with Crippen molar-refractivity contribution in [2.24, 2.45) is 11.8 Å². The molecule has 0 aromatic heterocycles. The third kappa shape index (κ3) is 1.32. The van der Waals surface area contributed by atoms with Gasteiger partial charge in [-0.1, -0.05) is 0 Å². The molecule has 13 heavy (non-hydrogen) atoms. The first-order valence-corrected chi connectivity index (χ1v) is 4.13. The Labute approximate surface area is 73.0 Å². The van der Waals surface area contributed by atoms with Crippen LogP contribution in [0.1, 0.15) is 19.3 Å². The van der Waals surface area contributed by atoms with Crippen LogP contribution >= 0.6 is 0 Å². The lowest BCUT2D eigenvalue weighted by molar-refractivity contribution is -0.154. The second-order valence-electron chi connectivity index (χ2n) is 3.55. The summed E-state index contributed by atoms with van der Waals surface area (Å²) in [5.74, 6) is -5.76. The number of esters is 2. The molecule has 0 N–H and O–H groups in total. The Morgan fingerprint density at radius 2 is 1.85 bits per heavy atom. The maximum atomic E-state index is 12.8. The summed E-state index contributed by atoms with van der Waals surface area (Å²) in [5, 5.41) is 0. The van der Waals surface area contributed by atoms with Crippen LogP contribution < -0.4 is 0 Å². The molecule has 1 saturated carbocycles. The summed E-state index contributed by atoms with van der Waals surface area (Å²) in [6.07, 6.45) is -0.805. The van der Waals surface area contributed by atoms with Gasteiger partial charge in [0, 0.05) is 12.8 Å². The van der Waals surface area contributed by atoms with Crippen molar-refractivity contribution in [2.75, 3.05) is 0 Å². The average Bonchev–Trinajstić information content (AvgIpc) is 2.26. The van der Waals surface area contributed by atoms with Gasteiger partial charge in [0.2, 0.25) is 5.92 Å². The number of rotatable bonds is 0. The summed E-state index contributed by atoms with van der Waals surface area (Å²) in [7, 11) is 0. The van der Waals surface area contributed by atoms with Crippen molar-refractivity contribution in [3.05, 3.63) is 0 Å². The number of hydrogen-bond donors (Lipinski definition) is 0. The molecule has 72 valence electrons. The highest BCUT2D eigenvalue weighted by atomic mass is 19.3. The van der Waals surface area contributed by atoms with Crippen molar-refractivity contribution in [2.45, 2.75) is 25.2 Å². The minimum Gasteiger partial charge on any atom is -0.393 e. The van der Waals surface area contributed by atoms with Crippen LogP contribution in [0.15, 0.2) is 0 Å². The fraction of sp³-hybridized carbons (Fsp3) is 0.750. The monoisotopic (exact) mass is 190 g/mol. The van der Waals surface area contributed by atoms with Crippen LogP contribution in [-0.4, -0.2) is 17.9 Å². The van der Waals surface area contributed by atoms with E-state index in [0.717, 1.165) is 0 Å². The zero-order valence-corrected chi connectivity index (χ0v) is 6.76. The molecule has 0 spiro atoms. The van der Waals surface area contributed by atoms with Crippen LogP contribution in [-0.2, 0) is 14.3 Å². The van der Waals surface area contributed by atoms with E-state index < -0.39 is 36.1 Å². The number of hydrogen-bond acceptors (Lipinski definition) is 3. The zero-order chi connectivity index (χ0) is 9.64. The number of carbonyl (C=O) groups is 2. The molecule has 0 aromatic carbocycles. The number of carbonyl (C=O) groups excluding carboxylic acids is 2. The number of cyclic esters (lactones) is 2. The van der Waals surface area contributed by atoms with E-state index in [1.54, 1.807) is 0 Å². The Morgan fingerprint density at radius 3 is 2.54 bits per heavy atom. The predicted molar refractivity (Wildman–Crippen MR) is 36.9 cm³/mol. The van der Waals surface area contributed by atoms with E-state index in [4.69, 9.17) is 0 Å². The molecule has 5 heteroatoms. The Hall–Kier alpha value is -1.00. The van der Waals surface area contributed by atoms with Gasteiger partial charge >= 0.3 is 11.9 Å². The second kappa shape index (κ2) is 2.49. The van der Waals surface area contributed by atoms with E-state index in [9.17, 15) is 18.4 Å². The van der Waals surface area contributed by atoms with Crippen LogP contribution in [0.3, 0.4) is 0 Å². The Bertz CT molecular complexity index is 275. The first-order chi connectivity index (χ1) is 5.99. The smallest absolute Gasteiger partial charge is 0.317 e.